The van der Waals surface area contributed by atoms with E-state index in [2.05, 4.69) is 10.1 Å². The van der Waals surface area contributed by atoms with Gasteiger partial charge < -0.3 is 9.77 Å². The Labute approximate surface area is 62.7 Å². The number of halogens is 1. The van der Waals surface area contributed by atoms with Gasteiger partial charge in [-0.1, -0.05) is 16.8 Å². The molecule has 1 aromatic heterocycles. The number of rotatable bonds is 1. The van der Waals surface area contributed by atoms with E-state index in [4.69, 9.17) is 16.8 Å². The molecule has 1 N–H and O–H groups in total. The summed E-state index contributed by atoms with van der Waals surface area (Å²) in [6.45, 7) is 0. The molecule has 0 unspecified atom stereocenters. The Morgan fingerprint density at radius 1 is 1.90 bits per heavy atom. The largest absolute Gasteiger partial charge is 0.410 e. The van der Waals surface area contributed by atoms with Crippen LogP contribution in [0.25, 0.3) is 0 Å². The maximum atomic E-state index is 8.23. The fraction of sp³-hybridized carbons (Fsp3) is 0.200. The molecule has 10 heavy (non-hydrogen) atoms. The molecular weight excluding hydrogens is 154 g/mol. The number of aromatic nitrogens is 2. The van der Waals surface area contributed by atoms with E-state index in [-0.39, 0.29) is 5.17 Å². The highest BCUT2D eigenvalue weighted by atomic mass is 35.5. The Kier molecular flexibility index (Phi) is 1.91. The predicted octanol–water partition coefficient (Wildman–Crippen LogP) is 0.795. The van der Waals surface area contributed by atoms with Crippen molar-refractivity contribution in [1.82, 2.24) is 9.55 Å². The highest BCUT2D eigenvalue weighted by molar-refractivity contribution is 6.68. The van der Waals surface area contributed by atoms with Crippen LogP contribution < -0.4 is 0 Å². The van der Waals surface area contributed by atoms with E-state index in [1.54, 1.807) is 24.0 Å². The molecule has 0 atom stereocenters. The molecule has 0 aliphatic rings. The molecule has 5 heteroatoms. The summed E-state index contributed by atoms with van der Waals surface area (Å²) in [4.78, 5) is 3.83. The fourth-order valence-electron chi connectivity index (χ4n) is 0.609. The van der Waals surface area contributed by atoms with E-state index < -0.39 is 0 Å². The third-order valence-electron chi connectivity index (χ3n) is 1.09. The van der Waals surface area contributed by atoms with Gasteiger partial charge in [-0.15, -0.1) is 0 Å². The Bertz CT molecular complexity index is 255. The van der Waals surface area contributed by atoms with Crippen molar-refractivity contribution in [3.63, 3.8) is 0 Å². The number of hydrogen-bond donors (Lipinski definition) is 1. The molecule has 0 aliphatic heterocycles. The van der Waals surface area contributed by atoms with E-state index in [0.717, 1.165) is 0 Å². The highest BCUT2D eigenvalue weighted by Gasteiger charge is 2.04. The van der Waals surface area contributed by atoms with Crippen LogP contribution in [0.15, 0.2) is 17.5 Å². The number of hydrogen-bond acceptors (Lipinski definition) is 3. The van der Waals surface area contributed by atoms with Crippen molar-refractivity contribution in [2.45, 2.75) is 0 Å². The first kappa shape index (κ1) is 7.08. The third kappa shape index (κ3) is 1.11. The molecule has 0 aliphatic carbocycles. The molecular formula is C5H6ClN3O. The zero-order chi connectivity index (χ0) is 7.56. The lowest BCUT2D eigenvalue weighted by Gasteiger charge is -1.94. The molecule has 0 spiro atoms. The lowest BCUT2D eigenvalue weighted by Crippen LogP contribution is -2.01. The van der Waals surface area contributed by atoms with E-state index in [1.165, 1.54) is 0 Å². The van der Waals surface area contributed by atoms with Crippen molar-refractivity contribution in [2.24, 2.45) is 12.2 Å². The first-order valence-electron chi connectivity index (χ1n) is 2.61. The summed E-state index contributed by atoms with van der Waals surface area (Å²) in [6, 6.07) is 0. The summed E-state index contributed by atoms with van der Waals surface area (Å²) in [6.07, 6.45) is 3.28. The van der Waals surface area contributed by atoms with Gasteiger partial charge in [0.05, 0.1) is 0 Å². The van der Waals surface area contributed by atoms with Crippen LogP contribution in [0.3, 0.4) is 0 Å². The molecule has 0 amide bonds. The average molecular weight is 160 g/mol. The Morgan fingerprint density at radius 2 is 2.60 bits per heavy atom. The monoisotopic (exact) mass is 159 g/mol. The SMILES string of the molecule is Cn1ccnc1/C(Cl)=N/O. The van der Waals surface area contributed by atoms with Gasteiger partial charge in [-0.05, 0) is 0 Å². The molecule has 0 bridgehead atoms. The highest BCUT2D eigenvalue weighted by Crippen LogP contribution is 1.99. The van der Waals surface area contributed by atoms with Gasteiger partial charge in [0.15, 0.2) is 5.82 Å². The van der Waals surface area contributed by atoms with Crippen LogP contribution in [0, 0.1) is 0 Å². The number of oxime groups is 1. The van der Waals surface area contributed by atoms with E-state index in [0.29, 0.717) is 5.82 Å². The van der Waals surface area contributed by atoms with Crippen LogP contribution in [-0.4, -0.2) is 19.9 Å². The van der Waals surface area contributed by atoms with E-state index in [1.807, 2.05) is 0 Å². The molecule has 1 rings (SSSR count). The topological polar surface area (TPSA) is 50.4 Å². The Morgan fingerprint density at radius 3 is 3.00 bits per heavy atom. The maximum Gasteiger partial charge on any atom is 0.211 e. The van der Waals surface area contributed by atoms with Crippen molar-refractivity contribution in [3.8, 4) is 0 Å². The molecule has 4 nitrogen and oxygen atoms in total. The minimum absolute atomic E-state index is 0.00694. The second-order valence-corrected chi connectivity index (χ2v) is 2.11. The quantitative estimate of drug-likeness (QED) is 0.374. The number of nitrogens with zero attached hydrogens (tertiary/aromatic N) is 3. The lowest BCUT2D eigenvalue weighted by molar-refractivity contribution is 0.320. The van der Waals surface area contributed by atoms with Gasteiger partial charge in [-0.2, -0.15) is 0 Å². The smallest absolute Gasteiger partial charge is 0.211 e. The molecule has 0 aromatic carbocycles. The van der Waals surface area contributed by atoms with Gasteiger partial charge in [0.1, 0.15) is 0 Å². The molecule has 54 valence electrons. The Balaban J connectivity index is 3.05. The summed E-state index contributed by atoms with van der Waals surface area (Å²) in [5.74, 6) is 0.448. The van der Waals surface area contributed by atoms with Gasteiger partial charge in [-0.25, -0.2) is 4.98 Å². The normalized spacial score (nSPS) is 12.0. The van der Waals surface area contributed by atoms with Crippen LogP contribution >= 0.6 is 11.6 Å². The first-order chi connectivity index (χ1) is 4.75. The van der Waals surface area contributed by atoms with Gasteiger partial charge >= 0.3 is 0 Å². The second-order valence-electron chi connectivity index (χ2n) is 1.75. The van der Waals surface area contributed by atoms with E-state index in [9.17, 15) is 0 Å². The molecule has 0 fully saturated rings. The molecule has 0 saturated carbocycles. The van der Waals surface area contributed by atoms with Gasteiger partial charge in [-0.3, -0.25) is 0 Å². The molecule has 1 aromatic rings. The molecule has 1 heterocycles. The van der Waals surface area contributed by atoms with Crippen LogP contribution in [0.2, 0.25) is 0 Å². The zero-order valence-electron chi connectivity index (χ0n) is 5.32. The molecule has 0 saturated heterocycles. The summed E-state index contributed by atoms with van der Waals surface area (Å²) in [7, 11) is 1.76. The van der Waals surface area contributed by atoms with Crippen molar-refractivity contribution >= 4 is 16.8 Å². The van der Waals surface area contributed by atoms with Crippen molar-refractivity contribution in [1.29, 1.82) is 0 Å². The Hall–Kier alpha value is -1.03. The molecule has 0 radical (unpaired) electrons. The van der Waals surface area contributed by atoms with Gasteiger partial charge in [0, 0.05) is 19.4 Å². The zero-order valence-corrected chi connectivity index (χ0v) is 6.08. The van der Waals surface area contributed by atoms with Crippen molar-refractivity contribution in [3.05, 3.63) is 18.2 Å². The summed E-state index contributed by atoms with van der Waals surface area (Å²) in [5, 5.41) is 11.0. The number of aryl methyl sites for hydroxylation is 1. The average Bonchev–Trinajstić information content (AvgIpc) is 2.34. The van der Waals surface area contributed by atoms with Gasteiger partial charge in [0.25, 0.3) is 0 Å². The summed E-state index contributed by atoms with van der Waals surface area (Å²) in [5.41, 5.74) is 0. The third-order valence-corrected chi connectivity index (χ3v) is 1.34. The summed E-state index contributed by atoms with van der Waals surface area (Å²) < 4.78 is 1.65. The van der Waals surface area contributed by atoms with Crippen molar-refractivity contribution in [2.75, 3.05) is 0 Å². The van der Waals surface area contributed by atoms with Crippen LogP contribution in [-0.2, 0) is 7.05 Å². The second kappa shape index (κ2) is 2.70. The van der Waals surface area contributed by atoms with E-state index >= 15 is 0 Å². The van der Waals surface area contributed by atoms with Crippen LogP contribution in [0.5, 0.6) is 0 Å². The number of imidazole rings is 1. The minimum atomic E-state index is -0.00694. The predicted molar refractivity (Wildman–Crippen MR) is 37.4 cm³/mol. The first-order valence-corrected chi connectivity index (χ1v) is 2.98. The minimum Gasteiger partial charge on any atom is -0.410 e. The lowest BCUT2D eigenvalue weighted by atomic mass is 10.6. The maximum absolute atomic E-state index is 8.23. The van der Waals surface area contributed by atoms with Gasteiger partial charge in [0.2, 0.25) is 5.17 Å². The van der Waals surface area contributed by atoms with Crippen LogP contribution in [0.1, 0.15) is 5.82 Å². The summed E-state index contributed by atoms with van der Waals surface area (Å²) >= 11 is 5.45. The van der Waals surface area contributed by atoms with Crippen LogP contribution in [0.4, 0.5) is 0 Å². The standard InChI is InChI=1S/C5H6ClN3O/c1-9-3-2-7-5(9)4(6)8-10/h2-3,10H,1H3/b8-4-. The van der Waals surface area contributed by atoms with Crippen molar-refractivity contribution < 1.29 is 5.21 Å². The fourth-order valence-corrected chi connectivity index (χ4v) is 0.791.